The molecule has 1 aliphatic carbocycles. The molecule has 10 heavy (non-hydrogen) atoms. The van der Waals surface area contributed by atoms with Crippen LogP contribution in [0.3, 0.4) is 0 Å². The van der Waals surface area contributed by atoms with Crippen LogP contribution in [0, 0.1) is 5.92 Å². The van der Waals surface area contributed by atoms with E-state index in [1.807, 2.05) is 0 Å². The molecule has 0 radical (unpaired) electrons. The summed E-state index contributed by atoms with van der Waals surface area (Å²) < 4.78 is 0. The predicted octanol–water partition coefficient (Wildman–Crippen LogP) is 1.31. The van der Waals surface area contributed by atoms with Crippen molar-refractivity contribution in [1.82, 2.24) is 5.32 Å². The van der Waals surface area contributed by atoms with Gasteiger partial charge in [-0.15, -0.1) is 0 Å². The van der Waals surface area contributed by atoms with Crippen LogP contribution in [0.15, 0.2) is 0 Å². The Hall–Kier alpha value is -0.530. The molecule has 0 aromatic heterocycles. The van der Waals surface area contributed by atoms with E-state index in [4.69, 9.17) is 0 Å². The average molecular weight is 141 g/mol. The first-order chi connectivity index (χ1) is 4.86. The number of hydrogen-bond donors (Lipinski definition) is 1. The summed E-state index contributed by atoms with van der Waals surface area (Å²) in [7, 11) is 0. The molecule has 1 fully saturated rings. The quantitative estimate of drug-likeness (QED) is 0.575. The Morgan fingerprint density at radius 2 is 2.40 bits per heavy atom. The zero-order chi connectivity index (χ0) is 7.40. The molecule has 0 spiro atoms. The maximum Gasteiger partial charge on any atom is 0.207 e. The first kappa shape index (κ1) is 7.58. The molecule has 2 nitrogen and oxygen atoms in total. The normalized spacial score (nSPS) is 20.1. The summed E-state index contributed by atoms with van der Waals surface area (Å²) in [6, 6.07) is 0.435. The molecular weight excluding hydrogens is 126 g/mol. The van der Waals surface area contributed by atoms with Gasteiger partial charge < -0.3 is 5.32 Å². The summed E-state index contributed by atoms with van der Waals surface area (Å²) in [5, 5.41) is 2.82. The van der Waals surface area contributed by atoms with Crippen molar-refractivity contribution < 1.29 is 4.79 Å². The maximum absolute atomic E-state index is 10.1. The lowest BCUT2D eigenvalue weighted by Gasteiger charge is -2.11. The largest absolute Gasteiger partial charge is 0.356 e. The molecule has 0 bridgehead atoms. The second-order valence-electron chi connectivity index (χ2n) is 3.07. The van der Waals surface area contributed by atoms with Crippen molar-refractivity contribution in [1.29, 1.82) is 0 Å². The molecule has 1 rings (SSSR count). The van der Waals surface area contributed by atoms with Gasteiger partial charge in [-0.3, -0.25) is 4.79 Å². The van der Waals surface area contributed by atoms with Gasteiger partial charge in [-0.1, -0.05) is 19.8 Å². The summed E-state index contributed by atoms with van der Waals surface area (Å²) in [6.45, 7) is 2.11. The van der Waals surface area contributed by atoms with Crippen molar-refractivity contribution in [3.8, 4) is 0 Å². The van der Waals surface area contributed by atoms with E-state index in [0.29, 0.717) is 6.04 Å². The number of carbonyl (C=O) groups excluding carboxylic acids is 1. The fraction of sp³-hybridized carbons (Fsp3) is 0.875. The number of amides is 1. The van der Waals surface area contributed by atoms with Gasteiger partial charge in [0, 0.05) is 6.04 Å². The number of rotatable bonds is 5. The third kappa shape index (κ3) is 2.38. The van der Waals surface area contributed by atoms with Gasteiger partial charge in [-0.25, -0.2) is 0 Å². The van der Waals surface area contributed by atoms with Gasteiger partial charge in [-0.05, 0) is 18.8 Å². The molecule has 0 aromatic rings. The molecule has 1 N–H and O–H groups in total. The Morgan fingerprint density at radius 1 is 1.70 bits per heavy atom. The minimum absolute atomic E-state index is 0.435. The smallest absolute Gasteiger partial charge is 0.207 e. The number of hydrogen-bond acceptors (Lipinski definition) is 1. The van der Waals surface area contributed by atoms with Crippen molar-refractivity contribution in [3.05, 3.63) is 0 Å². The zero-order valence-corrected chi connectivity index (χ0v) is 6.47. The van der Waals surface area contributed by atoms with Crippen LogP contribution < -0.4 is 5.32 Å². The van der Waals surface area contributed by atoms with Crippen LogP contribution in [0.2, 0.25) is 0 Å². The Kier molecular flexibility index (Phi) is 2.72. The summed E-state index contributed by atoms with van der Waals surface area (Å²) >= 11 is 0. The monoisotopic (exact) mass is 141 g/mol. The summed E-state index contributed by atoms with van der Waals surface area (Å²) in [5.41, 5.74) is 0. The Balaban J connectivity index is 2.11. The van der Waals surface area contributed by atoms with Gasteiger partial charge in [0.25, 0.3) is 0 Å². The van der Waals surface area contributed by atoms with Gasteiger partial charge in [-0.2, -0.15) is 0 Å². The van der Waals surface area contributed by atoms with Crippen LogP contribution in [0.4, 0.5) is 0 Å². The van der Waals surface area contributed by atoms with E-state index in [0.717, 1.165) is 18.7 Å². The zero-order valence-electron chi connectivity index (χ0n) is 6.47. The molecule has 2 heteroatoms. The fourth-order valence-electron chi connectivity index (χ4n) is 1.20. The van der Waals surface area contributed by atoms with Crippen molar-refractivity contribution >= 4 is 6.41 Å². The minimum Gasteiger partial charge on any atom is -0.356 e. The molecule has 1 unspecified atom stereocenters. The molecule has 1 aliphatic rings. The molecule has 0 aliphatic heterocycles. The van der Waals surface area contributed by atoms with Crippen LogP contribution in [0.1, 0.15) is 32.6 Å². The second-order valence-corrected chi connectivity index (χ2v) is 3.07. The lowest BCUT2D eigenvalue weighted by atomic mass is 10.1. The predicted molar refractivity (Wildman–Crippen MR) is 40.6 cm³/mol. The summed E-state index contributed by atoms with van der Waals surface area (Å²) in [5.74, 6) is 0.914. The molecule has 0 saturated heterocycles. The molecule has 1 amide bonds. The highest BCUT2D eigenvalue weighted by atomic mass is 16.1. The topological polar surface area (TPSA) is 29.1 Å². The highest BCUT2D eigenvalue weighted by Gasteiger charge is 2.24. The maximum atomic E-state index is 10.1. The van der Waals surface area contributed by atoms with Crippen molar-refractivity contribution in [2.75, 3.05) is 0 Å². The third-order valence-electron chi connectivity index (χ3n) is 2.11. The van der Waals surface area contributed by atoms with E-state index < -0.39 is 0 Å². The van der Waals surface area contributed by atoms with E-state index in [1.54, 1.807) is 0 Å². The van der Waals surface area contributed by atoms with Crippen LogP contribution in [0.5, 0.6) is 0 Å². The second kappa shape index (κ2) is 3.59. The van der Waals surface area contributed by atoms with Crippen molar-refractivity contribution in [2.24, 2.45) is 5.92 Å². The Morgan fingerprint density at radius 3 is 2.80 bits per heavy atom. The minimum atomic E-state index is 0.435. The Bertz CT molecular complexity index is 110. The van der Waals surface area contributed by atoms with Gasteiger partial charge in [0.15, 0.2) is 0 Å². The Labute approximate surface area is 62.0 Å². The third-order valence-corrected chi connectivity index (χ3v) is 2.11. The number of nitrogens with one attached hydrogen (secondary N) is 1. The fourth-order valence-corrected chi connectivity index (χ4v) is 1.20. The molecule has 58 valence electrons. The standard InChI is InChI=1S/C8H15NO/c1-2-8(9-6-10)5-7-3-4-7/h6-8H,2-5H2,1H3,(H,9,10). The van der Waals surface area contributed by atoms with Crippen LogP contribution in [-0.2, 0) is 4.79 Å². The molecule has 1 atom stereocenters. The first-order valence-corrected chi connectivity index (χ1v) is 4.06. The highest BCUT2D eigenvalue weighted by molar-refractivity contribution is 5.46. The first-order valence-electron chi connectivity index (χ1n) is 4.06. The summed E-state index contributed by atoms with van der Waals surface area (Å²) in [6.07, 6.45) is 5.81. The molecular formula is C8H15NO. The van der Waals surface area contributed by atoms with Crippen LogP contribution in [-0.4, -0.2) is 12.5 Å². The highest BCUT2D eigenvalue weighted by Crippen LogP contribution is 2.33. The van der Waals surface area contributed by atoms with Gasteiger partial charge in [0.2, 0.25) is 6.41 Å². The molecule has 0 aromatic carbocycles. The van der Waals surface area contributed by atoms with E-state index in [9.17, 15) is 4.79 Å². The van der Waals surface area contributed by atoms with Crippen LogP contribution >= 0.6 is 0 Å². The molecule has 0 heterocycles. The van der Waals surface area contributed by atoms with E-state index in [1.165, 1.54) is 19.3 Å². The average Bonchev–Trinajstić information content (AvgIpc) is 2.71. The van der Waals surface area contributed by atoms with Crippen LogP contribution in [0.25, 0.3) is 0 Å². The van der Waals surface area contributed by atoms with E-state index in [2.05, 4.69) is 12.2 Å². The van der Waals surface area contributed by atoms with Gasteiger partial charge in [0.05, 0.1) is 0 Å². The lowest BCUT2D eigenvalue weighted by Crippen LogP contribution is -2.27. The molecule has 1 saturated carbocycles. The number of carbonyl (C=O) groups is 1. The summed E-state index contributed by atoms with van der Waals surface area (Å²) in [4.78, 5) is 10.1. The van der Waals surface area contributed by atoms with E-state index >= 15 is 0 Å². The van der Waals surface area contributed by atoms with E-state index in [-0.39, 0.29) is 0 Å². The van der Waals surface area contributed by atoms with Crippen molar-refractivity contribution in [2.45, 2.75) is 38.6 Å². The lowest BCUT2D eigenvalue weighted by molar-refractivity contribution is -0.110. The van der Waals surface area contributed by atoms with Gasteiger partial charge >= 0.3 is 0 Å². The van der Waals surface area contributed by atoms with Crippen molar-refractivity contribution in [3.63, 3.8) is 0 Å². The SMILES string of the molecule is CCC(CC1CC1)NC=O. The van der Waals surface area contributed by atoms with Gasteiger partial charge in [0.1, 0.15) is 0 Å².